The largest absolute Gasteiger partial charge is 0.463 e. The number of alkyl halides is 3. The monoisotopic (exact) mass is 352 g/mol. The lowest BCUT2D eigenvalue weighted by Gasteiger charge is -2.32. The maximum atomic E-state index is 13.4. The Morgan fingerprint density at radius 2 is 2.08 bits per heavy atom. The highest BCUT2D eigenvalue weighted by Crippen LogP contribution is 2.36. The molecule has 0 radical (unpaired) electrons. The second-order valence-electron chi connectivity index (χ2n) is 5.97. The van der Waals surface area contributed by atoms with Gasteiger partial charge < -0.3 is 9.73 Å². The number of furan rings is 1. The molecular weight excluding hydrogens is 333 g/mol. The average molecular weight is 352 g/mol. The van der Waals surface area contributed by atoms with Crippen molar-refractivity contribution in [3.63, 3.8) is 0 Å². The predicted octanol–water partition coefficient (Wildman–Crippen LogP) is 3.82. The third-order valence-electron chi connectivity index (χ3n) is 4.19. The van der Waals surface area contributed by atoms with Crippen LogP contribution in [-0.4, -0.2) is 40.8 Å². The molecule has 1 N–H and O–H groups in total. The zero-order valence-electron chi connectivity index (χ0n) is 13.6. The number of halogens is 3. The molecular formula is C17H19F3N4O. The van der Waals surface area contributed by atoms with Gasteiger partial charge in [-0.1, -0.05) is 6.08 Å². The zero-order valence-corrected chi connectivity index (χ0v) is 13.6. The minimum atomic E-state index is -4.52. The molecule has 25 heavy (non-hydrogen) atoms. The zero-order chi connectivity index (χ0) is 17.9. The molecule has 0 unspecified atom stereocenters. The van der Waals surface area contributed by atoms with Crippen LogP contribution in [0.25, 0.3) is 11.5 Å². The van der Waals surface area contributed by atoms with Crippen LogP contribution in [0.15, 0.2) is 41.5 Å². The maximum Gasteiger partial charge on any atom is 0.420 e. The molecule has 0 saturated carbocycles. The second kappa shape index (κ2) is 7.26. The van der Waals surface area contributed by atoms with Crippen LogP contribution >= 0.6 is 0 Å². The van der Waals surface area contributed by atoms with Gasteiger partial charge in [0.25, 0.3) is 0 Å². The van der Waals surface area contributed by atoms with E-state index in [1.165, 1.54) is 6.26 Å². The summed E-state index contributed by atoms with van der Waals surface area (Å²) in [7, 11) is 0. The summed E-state index contributed by atoms with van der Waals surface area (Å²) >= 11 is 0. The smallest absolute Gasteiger partial charge is 0.420 e. The van der Waals surface area contributed by atoms with Crippen LogP contribution in [0.5, 0.6) is 0 Å². The molecule has 2 aromatic heterocycles. The van der Waals surface area contributed by atoms with Gasteiger partial charge in [0.2, 0.25) is 0 Å². The van der Waals surface area contributed by atoms with Gasteiger partial charge >= 0.3 is 6.18 Å². The molecule has 0 atom stereocenters. The van der Waals surface area contributed by atoms with Crippen LogP contribution in [0.2, 0.25) is 0 Å². The summed E-state index contributed by atoms with van der Waals surface area (Å²) in [5.41, 5.74) is -0.772. The van der Waals surface area contributed by atoms with Crippen molar-refractivity contribution < 1.29 is 17.6 Å². The molecule has 1 aliphatic rings. The fourth-order valence-corrected chi connectivity index (χ4v) is 2.89. The molecule has 3 rings (SSSR count). The summed E-state index contributed by atoms with van der Waals surface area (Å²) in [6.45, 7) is 6.11. The Bertz CT molecular complexity index is 707. The van der Waals surface area contributed by atoms with Crippen molar-refractivity contribution >= 4 is 5.82 Å². The predicted molar refractivity (Wildman–Crippen MR) is 88.0 cm³/mol. The van der Waals surface area contributed by atoms with Crippen LogP contribution in [0.3, 0.4) is 0 Å². The summed E-state index contributed by atoms with van der Waals surface area (Å²) < 4.78 is 45.4. The third kappa shape index (κ3) is 4.19. The van der Waals surface area contributed by atoms with E-state index in [4.69, 9.17) is 4.42 Å². The average Bonchev–Trinajstić information content (AvgIpc) is 3.11. The molecule has 0 aromatic carbocycles. The molecule has 0 aliphatic carbocycles. The SMILES string of the molecule is C=CCN1CCC(Nc2nnc(-c3ccco3)cc2C(F)(F)F)CC1. The Kier molecular flexibility index (Phi) is 5.08. The van der Waals surface area contributed by atoms with Crippen molar-refractivity contribution in [2.75, 3.05) is 25.0 Å². The van der Waals surface area contributed by atoms with Gasteiger partial charge in [-0.25, -0.2) is 0 Å². The van der Waals surface area contributed by atoms with Crippen LogP contribution < -0.4 is 5.32 Å². The van der Waals surface area contributed by atoms with E-state index >= 15 is 0 Å². The Hall–Kier alpha value is -2.35. The molecule has 1 aliphatic heterocycles. The highest BCUT2D eigenvalue weighted by atomic mass is 19.4. The number of aromatic nitrogens is 2. The maximum absolute atomic E-state index is 13.4. The Morgan fingerprint density at radius 3 is 2.68 bits per heavy atom. The van der Waals surface area contributed by atoms with Gasteiger partial charge in [-0.15, -0.1) is 16.8 Å². The first-order valence-corrected chi connectivity index (χ1v) is 8.06. The van der Waals surface area contributed by atoms with Gasteiger partial charge in [0.15, 0.2) is 11.6 Å². The van der Waals surface area contributed by atoms with Crippen molar-refractivity contribution in [3.05, 3.63) is 42.7 Å². The van der Waals surface area contributed by atoms with E-state index < -0.39 is 11.7 Å². The van der Waals surface area contributed by atoms with Crippen molar-refractivity contribution in [2.45, 2.75) is 25.1 Å². The number of hydrogen-bond acceptors (Lipinski definition) is 5. The van der Waals surface area contributed by atoms with Crippen LogP contribution in [-0.2, 0) is 6.18 Å². The molecule has 2 aromatic rings. The molecule has 8 heteroatoms. The summed E-state index contributed by atoms with van der Waals surface area (Å²) in [5.74, 6) is 0.0206. The van der Waals surface area contributed by atoms with E-state index in [-0.39, 0.29) is 23.3 Å². The Morgan fingerprint density at radius 1 is 1.32 bits per heavy atom. The highest BCUT2D eigenvalue weighted by Gasteiger charge is 2.36. The van der Waals surface area contributed by atoms with E-state index in [0.29, 0.717) is 0 Å². The minimum Gasteiger partial charge on any atom is -0.463 e. The van der Waals surface area contributed by atoms with Gasteiger partial charge in [0, 0.05) is 25.7 Å². The van der Waals surface area contributed by atoms with E-state index in [2.05, 4.69) is 27.0 Å². The first-order valence-electron chi connectivity index (χ1n) is 8.06. The first kappa shape index (κ1) is 17.5. The minimum absolute atomic E-state index is 0.0590. The lowest BCUT2D eigenvalue weighted by atomic mass is 10.0. The van der Waals surface area contributed by atoms with E-state index in [9.17, 15) is 13.2 Å². The van der Waals surface area contributed by atoms with E-state index in [1.54, 1.807) is 12.1 Å². The van der Waals surface area contributed by atoms with Gasteiger partial charge in [0.1, 0.15) is 11.3 Å². The standard InChI is InChI=1S/C17H19F3N4O/c1-2-7-24-8-5-12(6-9-24)21-16-13(17(18,19)20)11-14(22-23-16)15-4-3-10-25-15/h2-4,10-12H,1,5-9H2,(H,21,23). The first-order chi connectivity index (χ1) is 12.0. The summed E-state index contributed by atoms with van der Waals surface area (Å²) in [6, 6.07) is 4.05. The third-order valence-corrected chi connectivity index (χ3v) is 4.19. The fourth-order valence-electron chi connectivity index (χ4n) is 2.89. The van der Waals surface area contributed by atoms with Crippen molar-refractivity contribution in [1.82, 2.24) is 15.1 Å². The Balaban J connectivity index is 1.78. The van der Waals surface area contributed by atoms with Gasteiger partial charge in [-0.05, 0) is 31.0 Å². The van der Waals surface area contributed by atoms with Gasteiger partial charge in [-0.2, -0.15) is 13.2 Å². The molecule has 0 amide bonds. The van der Waals surface area contributed by atoms with Crippen LogP contribution in [0.1, 0.15) is 18.4 Å². The molecule has 1 fully saturated rings. The fraction of sp³-hybridized carbons (Fsp3) is 0.412. The number of hydrogen-bond donors (Lipinski definition) is 1. The molecule has 5 nitrogen and oxygen atoms in total. The number of rotatable bonds is 5. The topological polar surface area (TPSA) is 54.2 Å². The normalized spacial score (nSPS) is 16.8. The van der Waals surface area contributed by atoms with Gasteiger partial charge in [0.05, 0.1) is 6.26 Å². The molecule has 3 heterocycles. The number of nitrogens with one attached hydrogen (secondary N) is 1. The lowest BCUT2D eigenvalue weighted by Crippen LogP contribution is -2.39. The molecule has 0 spiro atoms. The van der Waals surface area contributed by atoms with Crippen LogP contribution in [0, 0.1) is 0 Å². The molecule has 0 bridgehead atoms. The Labute approximate surface area is 143 Å². The lowest BCUT2D eigenvalue weighted by molar-refractivity contribution is -0.137. The highest BCUT2D eigenvalue weighted by molar-refractivity contribution is 5.57. The molecule has 1 saturated heterocycles. The van der Waals surface area contributed by atoms with Gasteiger partial charge in [-0.3, -0.25) is 4.90 Å². The van der Waals surface area contributed by atoms with Crippen molar-refractivity contribution in [3.8, 4) is 11.5 Å². The van der Waals surface area contributed by atoms with Crippen molar-refractivity contribution in [1.29, 1.82) is 0 Å². The quantitative estimate of drug-likeness (QED) is 0.829. The number of likely N-dealkylation sites (tertiary alicyclic amines) is 1. The van der Waals surface area contributed by atoms with Crippen molar-refractivity contribution in [2.24, 2.45) is 0 Å². The molecule has 134 valence electrons. The van der Waals surface area contributed by atoms with E-state index in [0.717, 1.165) is 38.5 Å². The number of anilines is 1. The van der Waals surface area contributed by atoms with E-state index in [1.807, 2.05) is 6.08 Å². The number of piperidine rings is 1. The summed E-state index contributed by atoms with van der Waals surface area (Å²) in [4.78, 5) is 2.21. The summed E-state index contributed by atoms with van der Waals surface area (Å²) in [6.07, 6.45) is 0.171. The summed E-state index contributed by atoms with van der Waals surface area (Å²) in [5, 5.41) is 10.6. The second-order valence-corrected chi connectivity index (χ2v) is 5.97. The van der Waals surface area contributed by atoms with Crippen LogP contribution in [0.4, 0.5) is 19.0 Å². The number of nitrogens with zero attached hydrogens (tertiary/aromatic N) is 3.